The molecule has 0 saturated carbocycles. The summed E-state index contributed by atoms with van der Waals surface area (Å²) in [4.78, 5) is 0. The lowest BCUT2D eigenvalue weighted by atomic mass is 10.2. The Morgan fingerprint density at radius 1 is 0.944 bits per heavy atom. The summed E-state index contributed by atoms with van der Waals surface area (Å²) in [5.41, 5.74) is 6.86. The van der Waals surface area contributed by atoms with E-state index in [4.69, 9.17) is 26.8 Å². The fourth-order valence-electron chi connectivity index (χ4n) is 4.11. The third kappa shape index (κ3) is 5.35. The zero-order valence-corrected chi connectivity index (χ0v) is 22.3. The summed E-state index contributed by atoms with van der Waals surface area (Å²) in [6.45, 7) is 10.2. The zero-order chi connectivity index (χ0) is 25.8. The van der Waals surface area contributed by atoms with Crippen molar-refractivity contribution in [1.82, 2.24) is 29.3 Å². The number of hydrogen-bond donors (Lipinski definition) is 2. The molecule has 0 amide bonds. The summed E-state index contributed by atoms with van der Waals surface area (Å²) in [6, 6.07) is 5.86. The van der Waals surface area contributed by atoms with Crippen LogP contribution in [0.15, 0.2) is 36.8 Å². The largest absolute Gasteiger partial charge is 0.493 e. The Labute approximate surface area is 216 Å². The summed E-state index contributed by atoms with van der Waals surface area (Å²) in [5.74, 6) is 1.39. The van der Waals surface area contributed by atoms with Crippen molar-refractivity contribution in [3.05, 3.63) is 65.0 Å². The van der Waals surface area contributed by atoms with Crippen molar-refractivity contribution in [2.75, 3.05) is 24.9 Å². The summed E-state index contributed by atoms with van der Waals surface area (Å²) < 4.78 is 16.6. The first-order valence-corrected chi connectivity index (χ1v) is 12.1. The van der Waals surface area contributed by atoms with Gasteiger partial charge in [0.2, 0.25) is 0 Å². The second kappa shape index (κ2) is 10.8. The predicted molar refractivity (Wildman–Crippen MR) is 144 cm³/mol. The Morgan fingerprint density at radius 3 is 2.42 bits per heavy atom. The van der Waals surface area contributed by atoms with Gasteiger partial charge in [-0.15, -0.1) is 0 Å². The number of benzene rings is 1. The molecule has 0 atom stereocenters. The highest BCUT2D eigenvalue weighted by Gasteiger charge is 2.15. The molecule has 10 nitrogen and oxygen atoms in total. The molecule has 0 aliphatic heterocycles. The number of anilines is 2. The van der Waals surface area contributed by atoms with Crippen molar-refractivity contribution >= 4 is 28.7 Å². The van der Waals surface area contributed by atoms with Gasteiger partial charge in [0.05, 0.1) is 62.5 Å². The monoisotopic (exact) mass is 508 g/mol. The van der Waals surface area contributed by atoms with Crippen molar-refractivity contribution < 1.29 is 9.47 Å². The first-order valence-electron chi connectivity index (χ1n) is 11.7. The molecule has 0 unspecified atom stereocenters. The van der Waals surface area contributed by atoms with Crippen molar-refractivity contribution in [2.45, 2.75) is 47.3 Å². The minimum Gasteiger partial charge on any atom is -0.493 e. The molecule has 3 aromatic heterocycles. The normalized spacial score (nSPS) is 10.9. The molecule has 0 fully saturated rings. The van der Waals surface area contributed by atoms with E-state index in [0.29, 0.717) is 29.7 Å². The van der Waals surface area contributed by atoms with Crippen LogP contribution in [-0.4, -0.2) is 48.7 Å². The van der Waals surface area contributed by atoms with Crippen LogP contribution in [0.2, 0.25) is 0 Å². The molecule has 4 rings (SSSR count). The average molecular weight is 509 g/mol. The number of ether oxygens (including phenoxy) is 2. The number of methoxy groups -OCH3 is 2. The van der Waals surface area contributed by atoms with Crippen molar-refractivity contribution in [2.24, 2.45) is 0 Å². The van der Waals surface area contributed by atoms with Gasteiger partial charge in [-0.1, -0.05) is 6.07 Å². The maximum absolute atomic E-state index is 5.58. The van der Waals surface area contributed by atoms with Crippen molar-refractivity contribution in [3.8, 4) is 11.5 Å². The minimum absolute atomic E-state index is 0.474. The molecule has 0 spiro atoms. The van der Waals surface area contributed by atoms with Crippen LogP contribution in [0.25, 0.3) is 0 Å². The maximum atomic E-state index is 5.58. The van der Waals surface area contributed by atoms with E-state index in [9.17, 15) is 0 Å². The first-order chi connectivity index (χ1) is 17.3. The summed E-state index contributed by atoms with van der Waals surface area (Å²) in [7, 11) is 3.26. The number of aryl methyl sites for hydroxylation is 2. The van der Waals surface area contributed by atoms with Crippen LogP contribution in [0.1, 0.15) is 35.1 Å². The smallest absolute Gasteiger partial charge is 0.175 e. The fraction of sp³-hybridized carbons (Fsp3) is 0.360. The lowest BCUT2D eigenvalue weighted by Gasteiger charge is -2.11. The zero-order valence-electron chi connectivity index (χ0n) is 21.5. The van der Waals surface area contributed by atoms with Gasteiger partial charge in [0.1, 0.15) is 0 Å². The summed E-state index contributed by atoms with van der Waals surface area (Å²) in [6.07, 6.45) is 5.58. The number of nitrogens with one attached hydrogen (secondary N) is 2. The van der Waals surface area contributed by atoms with E-state index in [2.05, 4.69) is 34.7 Å². The Kier molecular flexibility index (Phi) is 7.58. The third-order valence-corrected chi connectivity index (χ3v) is 6.33. The van der Waals surface area contributed by atoms with Gasteiger partial charge >= 0.3 is 0 Å². The quantitative estimate of drug-likeness (QED) is 0.326. The number of thiocarbonyl (C=S) groups is 1. The third-order valence-electron chi connectivity index (χ3n) is 6.13. The average Bonchev–Trinajstić information content (AvgIpc) is 3.53. The van der Waals surface area contributed by atoms with Gasteiger partial charge in [0.25, 0.3) is 0 Å². The molecule has 0 saturated heterocycles. The predicted octanol–water partition coefficient (Wildman–Crippen LogP) is 4.14. The molecule has 36 heavy (non-hydrogen) atoms. The van der Waals surface area contributed by atoms with E-state index in [1.807, 2.05) is 58.5 Å². The number of nitrogens with zero attached hydrogens (tertiary/aromatic N) is 6. The van der Waals surface area contributed by atoms with Crippen LogP contribution >= 0.6 is 12.2 Å². The molecule has 190 valence electrons. The highest BCUT2D eigenvalue weighted by Crippen LogP contribution is 2.28. The number of rotatable bonds is 9. The van der Waals surface area contributed by atoms with E-state index in [0.717, 1.165) is 46.1 Å². The fourth-order valence-corrected chi connectivity index (χ4v) is 4.33. The number of hydrogen-bond acceptors (Lipinski definition) is 6. The Bertz CT molecular complexity index is 1370. The van der Waals surface area contributed by atoms with Crippen LogP contribution in [0.4, 0.5) is 11.4 Å². The van der Waals surface area contributed by atoms with Crippen LogP contribution < -0.4 is 20.1 Å². The topological polar surface area (TPSA) is 96.0 Å². The highest BCUT2D eigenvalue weighted by atomic mass is 32.1. The van der Waals surface area contributed by atoms with Crippen LogP contribution in [-0.2, 0) is 19.6 Å². The highest BCUT2D eigenvalue weighted by molar-refractivity contribution is 7.80. The van der Waals surface area contributed by atoms with Crippen molar-refractivity contribution in [3.63, 3.8) is 0 Å². The van der Waals surface area contributed by atoms with Crippen LogP contribution in [0.5, 0.6) is 11.5 Å². The molecule has 4 aromatic rings. The molecule has 0 aliphatic rings. The molecule has 11 heteroatoms. The lowest BCUT2D eigenvalue weighted by molar-refractivity contribution is 0.354. The summed E-state index contributed by atoms with van der Waals surface area (Å²) in [5, 5.41) is 20.5. The van der Waals surface area contributed by atoms with E-state index < -0.39 is 0 Å². The van der Waals surface area contributed by atoms with Gasteiger partial charge in [-0.05, 0) is 57.6 Å². The second-order valence-corrected chi connectivity index (χ2v) is 8.88. The minimum atomic E-state index is 0.474. The Morgan fingerprint density at radius 2 is 1.72 bits per heavy atom. The van der Waals surface area contributed by atoms with E-state index >= 15 is 0 Å². The summed E-state index contributed by atoms with van der Waals surface area (Å²) >= 11 is 5.58. The van der Waals surface area contributed by atoms with Gasteiger partial charge < -0.3 is 20.1 Å². The van der Waals surface area contributed by atoms with Gasteiger partial charge in [0.15, 0.2) is 16.6 Å². The van der Waals surface area contributed by atoms with Crippen LogP contribution in [0, 0.1) is 20.8 Å². The molecule has 2 N–H and O–H groups in total. The SMILES string of the molecule is CCn1ncc(Cn2cc(NC(=S)Nc3c(C)nn(Cc4ccc(OC)c(OC)c4)c3C)cn2)c1C. The molecular formula is C25H32N8O2S. The van der Waals surface area contributed by atoms with E-state index in [1.54, 1.807) is 20.4 Å². The molecule has 0 bridgehead atoms. The molecule has 1 aromatic carbocycles. The maximum Gasteiger partial charge on any atom is 0.175 e. The van der Waals surface area contributed by atoms with Gasteiger partial charge in [-0.3, -0.25) is 14.0 Å². The molecular weight excluding hydrogens is 476 g/mol. The van der Waals surface area contributed by atoms with Gasteiger partial charge in [-0.2, -0.15) is 15.3 Å². The lowest BCUT2D eigenvalue weighted by Crippen LogP contribution is -2.19. The van der Waals surface area contributed by atoms with Gasteiger partial charge in [-0.25, -0.2) is 0 Å². The Hall–Kier alpha value is -3.86. The van der Waals surface area contributed by atoms with E-state index in [1.165, 1.54) is 0 Å². The Balaban J connectivity index is 1.41. The van der Waals surface area contributed by atoms with Crippen LogP contribution in [0.3, 0.4) is 0 Å². The molecule has 0 radical (unpaired) electrons. The molecule has 3 heterocycles. The second-order valence-electron chi connectivity index (χ2n) is 8.47. The van der Waals surface area contributed by atoms with Gasteiger partial charge in [0, 0.05) is 24.0 Å². The molecule has 0 aliphatic carbocycles. The number of aromatic nitrogens is 6. The standard InChI is InChI=1S/C25H32N8O2S/c1-7-32-17(3)20(11-27-32)14-31-15-21(12-26-31)28-25(36)29-24-16(2)30-33(18(24)4)13-19-8-9-22(34-5)23(10-19)35-6/h8-12,15H,7,13-14H2,1-6H3,(H2,28,29,36). The van der Waals surface area contributed by atoms with E-state index in [-0.39, 0.29) is 0 Å². The van der Waals surface area contributed by atoms with Crippen molar-refractivity contribution in [1.29, 1.82) is 0 Å². The first kappa shape index (κ1) is 25.2.